The van der Waals surface area contributed by atoms with E-state index in [0.29, 0.717) is 6.54 Å². The first-order chi connectivity index (χ1) is 6.22. The minimum absolute atomic E-state index is 0.230. The average molecular weight is 179 g/mol. The minimum atomic E-state index is 0.230. The molecule has 0 spiro atoms. The van der Waals surface area contributed by atoms with E-state index < -0.39 is 0 Å². The van der Waals surface area contributed by atoms with Crippen molar-refractivity contribution >= 4 is 0 Å². The van der Waals surface area contributed by atoms with Crippen molar-refractivity contribution < 1.29 is 4.74 Å². The highest BCUT2D eigenvalue weighted by atomic mass is 16.5. The van der Waals surface area contributed by atoms with Crippen molar-refractivity contribution in [3.63, 3.8) is 0 Å². The van der Waals surface area contributed by atoms with Crippen LogP contribution in [0.1, 0.15) is 19.4 Å². The lowest BCUT2D eigenvalue weighted by Gasteiger charge is -2.10. The summed E-state index contributed by atoms with van der Waals surface area (Å²) in [5, 5.41) is 0. The Balaban J connectivity index is 2.67. The van der Waals surface area contributed by atoms with Crippen molar-refractivity contribution in [1.29, 1.82) is 0 Å². The number of rotatable bonds is 4. The minimum Gasteiger partial charge on any atom is -0.491 e. The molecule has 0 heterocycles. The lowest BCUT2D eigenvalue weighted by atomic mass is 10.1. The Hall–Kier alpha value is -1.02. The zero-order valence-corrected chi connectivity index (χ0v) is 8.29. The first kappa shape index (κ1) is 10.1. The third kappa shape index (κ3) is 3.47. The third-order valence-corrected chi connectivity index (χ3v) is 1.70. The molecule has 1 rings (SSSR count). The standard InChI is InChI=1S/C11H17NO/c1-9(2)13-11-5-3-4-10(8-11)6-7-12/h3-5,8-9H,6-7,12H2,1-2H3. The first-order valence-corrected chi connectivity index (χ1v) is 4.68. The van der Waals surface area contributed by atoms with Gasteiger partial charge < -0.3 is 10.5 Å². The Kier molecular flexibility index (Phi) is 3.77. The molecular formula is C11H17NO. The topological polar surface area (TPSA) is 35.2 Å². The maximum atomic E-state index is 5.56. The summed E-state index contributed by atoms with van der Waals surface area (Å²) in [6, 6.07) is 8.09. The number of hydrogen-bond donors (Lipinski definition) is 1. The molecule has 1 aromatic carbocycles. The Morgan fingerprint density at radius 2 is 2.15 bits per heavy atom. The fraction of sp³-hybridized carbons (Fsp3) is 0.455. The smallest absolute Gasteiger partial charge is 0.119 e. The highest BCUT2D eigenvalue weighted by Crippen LogP contribution is 2.14. The van der Waals surface area contributed by atoms with Crippen LogP contribution >= 0.6 is 0 Å². The first-order valence-electron chi connectivity index (χ1n) is 4.68. The highest BCUT2D eigenvalue weighted by molar-refractivity contribution is 5.28. The van der Waals surface area contributed by atoms with E-state index in [9.17, 15) is 0 Å². The molecule has 0 aliphatic heterocycles. The molecular weight excluding hydrogens is 162 g/mol. The van der Waals surface area contributed by atoms with Crippen LogP contribution in [0.3, 0.4) is 0 Å². The van der Waals surface area contributed by atoms with E-state index >= 15 is 0 Å². The predicted molar refractivity (Wildman–Crippen MR) is 55.0 cm³/mol. The summed E-state index contributed by atoms with van der Waals surface area (Å²) in [5.41, 5.74) is 6.71. The van der Waals surface area contributed by atoms with Crippen molar-refractivity contribution in [1.82, 2.24) is 0 Å². The molecule has 13 heavy (non-hydrogen) atoms. The molecule has 72 valence electrons. The van der Waals surface area contributed by atoms with Crippen LogP contribution in [0.15, 0.2) is 24.3 Å². The molecule has 0 aliphatic rings. The summed E-state index contributed by atoms with van der Waals surface area (Å²) in [6.45, 7) is 4.73. The third-order valence-electron chi connectivity index (χ3n) is 1.70. The second-order valence-corrected chi connectivity index (χ2v) is 3.35. The molecule has 0 saturated carbocycles. The number of nitrogens with two attached hydrogens (primary N) is 1. The molecule has 0 amide bonds. The molecule has 0 radical (unpaired) electrons. The Morgan fingerprint density at radius 3 is 2.77 bits per heavy atom. The number of benzene rings is 1. The largest absolute Gasteiger partial charge is 0.491 e. The van der Waals surface area contributed by atoms with Crippen LogP contribution in [0.5, 0.6) is 5.75 Å². The Morgan fingerprint density at radius 1 is 1.38 bits per heavy atom. The fourth-order valence-electron chi connectivity index (χ4n) is 1.21. The van der Waals surface area contributed by atoms with Gasteiger partial charge in [0.25, 0.3) is 0 Å². The van der Waals surface area contributed by atoms with Crippen molar-refractivity contribution in [2.75, 3.05) is 6.54 Å². The molecule has 0 bridgehead atoms. The van der Waals surface area contributed by atoms with Gasteiger partial charge in [-0.15, -0.1) is 0 Å². The SMILES string of the molecule is CC(C)Oc1cccc(CCN)c1. The summed E-state index contributed by atoms with van der Waals surface area (Å²) >= 11 is 0. The molecule has 0 aromatic heterocycles. The molecule has 0 aliphatic carbocycles. The van der Waals surface area contributed by atoms with E-state index in [1.54, 1.807) is 0 Å². The average Bonchev–Trinajstić information content (AvgIpc) is 2.04. The van der Waals surface area contributed by atoms with Gasteiger partial charge in [0.2, 0.25) is 0 Å². The second-order valence-electron chi connectivity index (χ2n) is 3.35. The van der Waals surface area contributed by atoms with Gasteiger partial charge in [0.15, 0.2) is 0 Å². The molecule has 2 N–H and O–H groups in total. The summed E-state index contributed by atoms with van der Waals surface area (Å²) in [4.78, 5) is 0. The van der Waals surface area contributed by atoms with Crippen LogP contribution in [0.25, 0.3) is 0 Å². The van der Waals surface area contributed by atoms with E-state index in [2.05, 4.69) is 6.07 Å². The van der Waals surface area contributed by atoms with Gasteiger partial charge in [0.05, 0.1) is 6.10 Å². The zero-order valence-electron chi connectivity index (χ0n) is 8.29. The van der Waals surface area contributed by atoms with Crippen molar-refractivity contribution in [2.45, 2.75) is 26.4 Å². The molecule has 1 aromatic rings. The van der Waals surface area contributed by atoms with Gasteiger partial charge in [-0.2, -0.15) is 0 Å². The Bertz CT molecular complexity index is 258. The molecule has 2 heteroatoms. The molecule has 0 atom stereocenters. The normalized spacial score (nSPS) is 10.5. The van der Waals surface area contributed by atoms with E-state index in [0.717, 1.165) is 12.2 Å². The van der Waals surface area contributed by atoms with Gasteiger partial charge in [0, 0.05) is 0 Å². The molecule has 2 nitrogen and oxygen atoms in total. The summed E-state index contributed by atoms with van der Waals surface area (Å²) in [6.07, 6.45) is 1.14. The summed E-state index contributed by atoms with van der Waals surface area (Å²) in [7, 11) is 0. The van der Waals surface area contributed by atoms with E-state index in [4.69, 9.17) is 10.5 Å². The van der Waals surface area contributed by atoms with Crippen LogP contribution < -0.4 is 10.5 Å². The summed E-state index contributed by atoms with van der Waals surface area (Å²) in [5.74, 6) is 0.931. The van der Waals surface area contributed by atoms with E-state index in [-0.39, 0.29) is 6.10 Å². The van der Waals surface area contributed by atoms with Gasteiger partial charge >= 0.3 is 0 Å². The lowest BCUT2D eigenvalue weighted by Crippen LogP contribution is -2.06. The zero-order chi connectivity index (χ0) is 9.68. The quantitative estimate of drug-likeness (QED) is 0.767. The van der Waals surface area contributed by atoms with Crippen LogP contribution in [0.4, 0.5) is 0 Å². The van der Waals surface area contributed by atoms with Gasteiger partial charge in [-0.25, -0.2) is 0 Å². The summed E-state index contributed by atoms with van der Waals surface area (Å²) < 4.78 is 5.56. The van der Waals surface area contributed by atoms with Crippen LogP contribution in [-0.2, 0) is 6.42 Å². The van der Waals surface area contributed by atoms with E-state index in [1.807, 2.05) is 32.0 Å². The van der Waals surface area contributed by atoms with Gasteiger partial charge in [-0.05, 0) is 44.5 Å². The molecule has 0 saturated heterocycles. The predicted octanol–water partition coefficient (Wildman–Crippen LogP) is 1.98. The number of ether oxygens (including phenoxy) is 1. The van der Waals surface area contributed by atoms with Crippen LogP contribution in [0, 0.1) is 0 Å². The van der Waals surface area contributed by atoms with Gasteiger partial charge in [0.1, 0.15) is 5.75 Å². The lowest BCUT2D eigenvalue weighted by molar-refractivity contribution is 0.242. The highest BCUT2D eigenvalue weighted by Gasteiger charge is 1.98. The monoisotopic (exact) mass is 179 g/mol. The maximum absolute atomic E-state index is 5.56. The van der Waals surface area contributed by atoms with Crippen molar-refractivity contribution in [2.24, 2.45) is 5.73 Å². The van der Waals surface area contributed by atoms with Crippen LogP contribution in [0.2, 0.25) is 0 Å². The Labute approximate surface area is 79.7 Å². The van der Waals surface area contributed by atoms with Crippen molar-refractivity contribution in [3.05, 3.63) is 29.8 Å². The van der Waals surface area contributed by atoms with Crippen LogP contribution in [-0.4, -0.2) is 12.6 Å². The number of hydrogen-bond acceptors (Lipinski definition) is 2. The van der Waals surface area contributed by atoms with Gasteiger partial charge in [-0.1, -0.05) is 12.1 Å². The maximum Gasteiger partial charge on any atom is 0.119 e. The van der Waals surface area contributed by atoms with Crippen molar-refractivity contribution in [3.8, 4) is 5.75 Å². The van der Waals surface area contributed by atoms with Gasteiger partial charge in [-0.3, -0.25) is 0 Å². The molecule has 0 unspecified atom stereocenters. The van der Waals surface area contributed by atoms with E-state index in [1.165, 1.54) is 5.56 Å². The fourth-order valence-corrected chi connectivity index (χ4v) is 1.21. The molecule has 0 fully saturated rings. The second kappa shape index (κ2) is 4.87.